The first-order valence-corrected chi connectivity index (χ1v) is 6.96. The highest BCUT2D eigenvalue weighted by atomic mass is 15.2. The lowest BCUT2D eigenvalue weighted by molar-refractivity contribution is 0.537. The van der Waals surface area contributed by atoms with Gasteiger partial charge in [-0.1, -0.05) is 18.2 Å². The normalized spacial score (nSPS) is 28.9. The zero-order valence-corrected chi connectivity index (χ0v) is 10.4. The molecule has 2 nitrogen and oxygen atoms in total. The summed E-state index contributed by atoms with van der Waals surface area (Å²) in [6, 6.07) is 9.85. The van der Waals surface area contributed by atoms with Gasteiger partial charge in [-0.15, -0.1) is 0 Å². The molecule has 0 amide bonds. The van der Waals surface area contributed by atoms with Crippen LogP contribution >= 0.6 is 0 Å². The van der Waals surface area contributed by atoms with Crippen LogP contribution in [0.3, 0.4) is 0 Å². The molecule has 0 aromatic heterocycles. The molecular formula is C15H22N2. The minimum Gasteiger partial charge on any atom is -0.367 e. The Hall–Kier alpha value is -1.02. The fraction of sp³-hybridized carbons (Fsp3) is 0.600. The van der Waals surface area contributed by atoms with Gasteiger partial charge in [-0.3, -0.25) is 0 Å². The van der Waals surface area contributed by atoms with Crippen molar-refractivity contribution in [1.82, 2.24) is 0 Å². The Morgan fingerprint density at radius 2 is 1.94 bits per heavy atom. The van der Waals surface area contributed by atoms with Gasteiger partial charge in [0.25, 0.3) is 0 Å². The third-order valence-electron chi connectivity index (χ3n) is 4.33. The Bertz CT molecular complexity index is 388. The van der Waals surface area contributed by atoms with Crippen molar-refractivity contribution in [3.8, 4) is 0 Å². The first kappa shape index (κ1) is 11.1. The van der Waals surface area contributed by atoms with E-state index in [1.807, 2.05) is 0 Å². The van der Waals surface area contributed by atoms with Crippen molar-refractivity contribution >= 4 is 5.69 Å². The van der Waals surface area contributed by atoms with Crippen LogP contribution in [0, 0.1) is 0 Å². The number of para-hydroxylation sites is 1. The number of hydrogen-bond acceptors (Lipinski definition) is 2. The topological polar surface area (TPSA) is 29.3 Å². The standard InChI is InChI=1S/C15H22N2/c16-13-8-5-10-15(13)17-11-4-3-7-12-6-1-2-9-14(12)17/h1-2,6,9,13,15H,3-5,7-8,10-11,16H2. The van der Waals surface area contributed by atoms with Crippen molar-refractivity contribution in [2.45, 2.75) is 50.6 Å². The van der Waals surface area contributed by atoms with Gasteiger partial charge in [0.2, 0.25) is 0 Å². The molecule has 1 heterocycles. The van der Waals surface area contributed by atoms with E-state index in [0.29, 0.717) is 12.1 Å². The predicted octanol–water partition coefficient (Wildman–Crippen LogP) is 2.71. The summed E-state index contributed by atoms with van der Waals surface area (Å²) in [7, 11) is 0. The molecular weight excluding hydrogens is 208 g/mol. The van der Waals surface area contributed by atoms with Gasteiger partial charge >= 0.3 is 0 Å². The minimum absolute atomic E-state index is 0.376. The predicted molar refractivity (Wildman–Crippen MR) is 72.3 cm³/mol. The lowest BCUT2D eigenvalue weighted by atomic mass is 10.1. The van der Waals surface area contributed by atoms with Gasteiger partial charge in [0.1, 0.15) is 0 Å². The van der Waals surface area contributed by atoms with E-state index >= 15 is 0 Å². The molecule has 2 aliphatic rings. The van der Waals surface area contributed by atoms with E-state index in [-0.39, 0.29) is 0 Å². The van der Waals surface area contributed by atoms with Crippen LogP contribution in [-0.2, 0) is 6.42 Å². The third-order valence-corrected chi connectivity index (χ3v) is 4.33. The van der Waals surface area contributed by atoms with E-state index < -0.39 is 0 Å². The maximum Gasteiger partial charge on any atom is 0.0441 e. The van der Waals surface area contributed by atoms with Crippen molar-refractivity contribution < 1.29 is 0 Å². The summed E-state index contributed by atoms with van der Waals surface area (Å²) in [4.78, 5) is 2.60. The number of rotatable bonds is 1. The molecule has 0 radical (unpaired) electrons. The summed E-state index contributed by atoms with van der Waals surface area (Å²) in [5.41, 5.74) is 9.25. The van der Waals surface area contributed by atoms with Gasteiger partial charge in [-0.05, 0) is 50.2 Å². The van der Waals surface area contributed by atoms with Crippen molar-refractivity contribution in [2.75, 3.05) is 11.4 Å². The molecule has 2 unspecified atom stereocenters. The highest BCUT2D eigenvalue weighted by Gasteiger charge is 2.31. The molecule has 0 saturated heterocycles. The van der Waals surface area contributed by atoms with Gasteiger partial charge in [0.05, 0.1) is 0 Å². The first-order valence-electron chi connectivity index (χ1n) is 6.96. The lowest BCUT2D eigenvalue weighted by Crippen LogP contribution is -2.45. The zero-order chi connectivity index (χ0) is 11.7. The maximum atomic E-state index is 6.28. The molecule has 92 valence electrons. The Morgan fingerprint density at radius 3 is 2.76 bits per heavy atom. The summed E-state index contributed by atoms with van der Waals surface area (Å²) < 4.78 is 0. The molecule has 1 aromatic rings. The number of anilines is 1. The average Bonchev–Trinajstić information content (AvgIpc) is 2.66. The van der Waals surface area contributed by atoms with Crippen LogP contribution in [0.25, 0.3) is 0 Å². The number of nitrogens with two attached hydrogens (primary N) is 1. The average molecular weight is 230 g/mol. The summed E-state index contributed by atoms with van der Waals surface area (Å²) >= 11 is 0. The molecule has 1 fully saturated rings. The minimum atomic E-state index is 0.376. The van der Waals surface area contributed by atoms with E-state index in [1.54, 1.807) is 0 Å². The molecule has 2 N–H and O–H groups in total. The van der Waals surface area contributed by atoms with Gasteiger partial charge in [-0.2, -0.15) is 0 Å². The van der Waals surface area contributed by atoms with Gasteiger partial charge in [0.15, 0.2) is 0 Å². The van der Waals surface area contributed by atoms with Gasteiger partial charge < -0.3 is 10.6 Å². The molecule has 0 bridgehead atoms. The fourth-order valence-corrected chi connectivity index (χ4v) is 3.42. The highest BCUT2D eigenvalue weighted by molar-refractivity contribution is 5.55. The van der Waals surface area contributed by atoms with Crippen molar-refractivity contribution in [3.05, 3.63) is 29.8 Å². The molecule has 1 saturated carbocycles. The van der Waals surface area contributed by atoms with Crippen LogP contribution in [0.4, 0.5) is 5.69 Å². The Balaban J connectivity index is 1.93. The van der Waals surface area contributed by atoms with E-state index in [1.165, 1.54) is 56.3 Å². The third kappa shape index (κ3) is 2.06. The summed E-state index contributed by atoms with van der Waals surface area (Å²) in [6.45, 7) is 1.19. The largest absolute Gasteiger partial charge is 0.367 e. The molecule has 0 spiro atoms. The highest BCUT2D eigenvalue weighted by Crippen LogP contribution is 2.32. The second-order valence-electron chi connectivity index (χ2n) is 5.44. The Labute approximate surface area is 104 Å². The summed E-state index contributed by atoms with van der Waals surface area (Å²) in [5, 5.41) is 0. The smallest absolute Gasteiger partial charge is 0.0441 e. The van der Waals surface area contributed by atoms with Crippen LogP contribution in [-0.4, -0.2) is 18.6 Å². The zero-order valence-electron chi connectivity index (χ0n) is 10.4. The number of aryl methyl sites for hydroxylation is 1. The van der Waals surface area contributed by atoms with Crippen LogP contribution in [0.5, 0.6) is 0 Å². The molecule has 2 atom stereocenters. The Kier molecular flexibility index (Phi) is 3.06. The second kappa shape index (κ2) is 4.69. The van der Waals surface area contributed by atoms with Gasteiger partial charge in [-0.25, -0.2) is 0 Å². The van der Waals surface area contributed by atoms with Crippen LogP contribution < -0.4 is 10.6 Å². The van der Waals surface area contributed by atoms with Crippen LogP contribution in [0.15, 0.2) is 24.3 Å². The van der Waals surface area contributed by atoms with E-state index in [0.717, 1.165) is 0 Å². The molecule has 1 aliphatic carbocycles. The lowest BCUT2D eigenvalue weighted by Gasteiger charge is -2.34. The fourth-order valence-electron chi connectivity index (χ4n) is 3.42. The molecule has 17 heavy (non-hydrogen) atoms. The quantitative estimate of drug-likeness (QED) is 0.803. The first-order chi connectivity index (χ1) is 8.36. The Morgan fingerprint density at radius 1 is 1.06 bits per heavy atom. The van der Waals surface area contributed by atoms with Crippen LogP contribution in [0.2, 0.25) is 0 Å². The summed E-state index contributed by atoms with van der Waals surface area (Å²) in [5.74, 6) is 0. The number of hydrogen-bond donors (Lipinski definition) is 1. The van der Waals surface area contributed by atoms with Crippen molar-refractivity contribution in [3.63, 3.8) is 0 Å². The molecule has 1 aliphatic heterocycles. The number of fused-ring (bicyclic) bond motifs is 1. The van der Waals surface area contributed by atoms with E-state index in [9.17, 15) is 0 Å². The number of benzene rings is 1. The monoisotopic (exact) mass is 230 g/mol. The maximum absolute atomic E-state index is 6.28. The second-order valence-corrected chi connectivity index (χ2v) is 5.44. The SMILES string of the molecule is NC1CCCC1N1CCCCc2ccccc21. The van der Waals surface area contributed by atoms with Crippen molar-refractivity contribution in [2.24, 2.45) is 5.73 Å². The molecule has 1 aromatic carbocycles. The molecule has 3 rings (SSSR count). The van der Waals surface area contributed by atoms with E-state index in [2.05, 4.69) is 29.2 Å². The number of nitrogens with zero attached hydrogens (tertiary/aromatic N) is 1. The van der Waals surface area contributed by atoms with Gasteiger partial charge in [0, 0.05) is 24.3 Å². The van der Waals surface area contributed by atoms with E-state index in [4.69, 9.17) is 5.73 Å². The molecule has 2 heteroatoms. The summed E-state index contributed by atoms with van der Waals surface area (Å²) in [6.07, 6.45) is 7.62. The van der Waals surface area contributed by atoms with Crippen LogP contribution in [0.1, 0.15) is 37.7 Å². The van der Waals surface area contributed by atoms with Crippen molar-refractivity contribution in [1.29, 1.82) is 0 Å².